The van der Waals surface area contributed by atoms with E-state index in [0.717, 1.165) is 24.3 Å². The van der Waals surface area contributed by atoms with Crippen molar-refractivity contribution in [3.8, 4) is 11.5 Å². The fourth-order valence-corrected chi connectivity index (χ4v) is 5.63. The van der Waals surface area contributed by atoms with Crippen LogP contribution in [0.4, 0.5) is 11.4 Å². The maximum Gasteiger partial charge on any atom is 0.264 e. The third-order valence-corrected chi connectivity index (χ3v) is 8.00. The van der Waals surface area contributed by atoms with Crippen molar-refractivity contribution in [2.75, 3.05) is 35.9 Å². The zero-order valence-corrected chi connectivity index (χ0v) is 21.5. The Morgan fingerprint density at radius 1 is 1.03 bits per heavy atom. The molecule has 0 fully saturated rings. The SMILES string of the molecule is CCN(CC)c1ccc(CNC(=O)C2CN(S(=O)(=O)c3ccc(OC)cc3)c3ccccc3O2)cc1. The third kappa shape index (κ3) is 5.26. The highest BCUT2D eigenvalue weighted by Crippen LogP contribution is 2.37. The molecule has 1 unspecified atom stereocenters. The van der Waals surface area contributed by atoms with Gasteiger partial charge in [-0.05, 0) is 67.9 Å². The molecule has 1 heterocycles. The molecule has 8 nitrogen and oxygen atoms in total. The predicted molar refractivity (Wildman–Crippen MR) is 140 cm³/mol. The van der Waals surface area contributed by atoms with Crippen LogP contribution in [0.5, 0.6) is 11.5 Å². The molecule has 1 atom stereocenters. The first-order chi connectivity index (χ1) is 17.4. The Morgan fingerprint density at radius 2 is 1.69 bits per heavy atom. The largest absolute Gasteiger partial charge is 0.497 e. The first kappa shape index (κ1) is 25.4. The number of sulfonamides is 1. The van der Waals surface area contributed by atoms with E-state index in [0.29, 0.717) is 23.7 Å². The van der Waals surface area contributed by atoms with Crippen molar-refractivity contribution in [2.45, 2.75) is 31.4 Å². The second kappa shape index (κ2) is 10.9. The van der Waals surface area contributed by atoms with Crippen LogP contribution in [-0.4, -0.2) is 47.2 Å². The zero-order valence-electron chi connectivity index (χ0n) is 20.7. The van der Waals surface area contributed by atoms with Crippen LogP contribution in [0.2, 0.25) is 0 Å². The Morgan fingerprint density at radius 3 is 2.33 bits per heavy atom. The van der Waals surface area contributed by atoms with Crippen molar-refractivity contribution >= 4 is 27.3 Å². The van der Waals surface area contributed by atoms with Gasteiger partial charge >= 0.3 is 0 Å². The van der Waals surface area contributed by atoms with E-state index < -0.39 is 16.1 Å². The molecular formula is C27H31N3O5S. The molecule has 1 aliphatic rings. The molecule has 0 saturated heterocycles. The van der Waals surface area contributed by atoms with E-state index >= 15 is 0 Å². The molecule has 9 heteroatoms. The molecule has 0 aromatic heterocycles. The third-order valence-electron chi connectivity index (χ3n) is 6.21. The summed E-state index contributed by atoms with van der Waals surface area (Å²) in [4.78, 5) is 15.4. The van der Waals surface area contributed by atoms with Gasteiger partial charge in [0.1, 0.15) is 11.5 Å². The predicted octanol–water partition coefficient (Wildman–Crippen LogP) is 3.81. The topological polar surface area (TPSA) is 88.2 Å². The number of ether oxygens (including phenoxy) is 2. The van der Waals surface area contributed by atoms with Crippen molar-refractivity contribution < 1.29 is 22.7 Å². The summed E-state index contributed by atoms with van der Waals surface area (Å²) in [5.74, 6) is 0.510. The number of carbonyl (C=O) groups is 1. The van der Waals surface area contributed by atoms with Crippen LogP contribution in [0.3, 0.4) is 0 Å². The van der Waals surface area contributed by atoms with E-state index in [-0.39, 0.29) is 17.3 Å². The van der Waals surface area contributed by atoms with E-state index in [1.807, 2.05) is 24.3 Å². The lowest BCUT2D eigenvalue weighted by Crippen LogP contribution is -2.50. The molecule has 0 aliphatic carbocycles. The van der Waals surface area contributed by atoms with Gasteiger partial charge in [-0.2, -0.15) is 0 Å². The minimum atomic E-state index is -3.94. The van der Waals surface area contributed by atoms with Gasteiger partial charge in [0.25, 0.3) is 15.9 Å². The number of hydrogen-bond donors (Lipinski definition) is 1. The maximum atomic E-state index is 13.5. The van der Waals surface area contributed by atoms with Crippen molar-refractivity contribution in [2.24, 2.45) is 0 Å². The Labute approximate surface area is 212 Å². The number of hydrogen-bond acceptors (Lipinski definition) is 6. The Hall–Kier alpha value is -3.72. The fraction of sp³-hybridized carbons (Fsp3) is 0.296. The lowest BCUT2D eigenvalue weighted by molar-refractivity contribution is -0.127. The van der Waals surface area contributed by atoms with Crippen LogP contribution in [0.25, 0.3) is 0 Å². The molecular weight excluding hydrogens is 478 g/mol. The second-order valence-electron chi connectivity index (χ2n) is 8.34. The summed E-state index contributed by atoms with van der Waals surface area (Å²) in [6.45, 7) is 6.23. The van der Waals surface area contributed by atoms with E-state index in [1.165, 1.54) is 23.5 Å². The van der Waals surface area contributed by atoms with Crippen LogP contribution >= 0.6 is 0 Å². The number of para-hydroxylation sites is 2. The van der Waals surface area contributed by atoms with Crippen molar-refractivity contribution in [1.29, 1.82) is 0 Å². The summed E-state index contributed by atoms with van der Waals surface area (Å²) in [5, 5.41) is 2.89. The molecule has 0 saturated carbocycles. The Balaban J connectivity index is 1.51. The van der Waals surface area contributed by atoms with Crippen LogP contribution in [-0.2, 0) is 21.4 Å². The number of nitrogens with one attached hydrogen (secondary N) is 1. The average Bonchev–Trinajstić information content (AvgIpc) is 2.92. The highest BCUT2D eigenvalue weighted by atomic mass is 32.2. The van der Waals surface area contributed by atoms with Gasteiger partial charge < -0.3 is 19.7 Å². The van der Waals surface area contributed by atoms with Crippen molar-refractivity contribution in [3.05, 3.63) is 78.4 Å². The summed E-state index contributed by atoms with van der Waals surface area (Å²) in [6, 6.07) is 21.0. The van der Waals surface area contributed by atoms with E-state index in [2.05, 4.69) is 24.1 Å². The minimum Gasteiger partial charge on any atom is -0.497 e. The van der Waals surface area contributed by atoms with Gasteiger partial charge in [-0.1, -0.05) is 24.3 Å². The first-order valence-corrected chi connectivity index (χ1v) is 13.4. The number of nitrogens with zero attached hydrogens (tertiary/aromatic N) is 2. The monoisotopic (exact) mass is 509 g/mol. The smallest absolute Gasteiger partial charge is 0.264 e. The van der Waals surface area contributed by atoms with Crippen molar-refractivity contribution in [3.63, 3.8) is 0 Å². The quantitative estimate of drug-likeness (QED) is 0.472. The van der Waals surface area contributed by atoms with Crippen LogP contribution in [0, 0.1) is 0 Å². The molecule has 4 rings (SSSR count). The highest BCUT2D eigenvalue weighted by Gasteiger charge is 2.37. The van der Waals surface area contributed by atoms with Crippen molar-refractivity contribution in [1.82, 2.24) is 5.32 Å². The second-order valence-corrected chi connectivity index (χ2v) is 10.2. The summed E-state index contributed by atoms with van der Waals surface area (Å²) in [7, 11) is -2.42. The summed E-state index contributed by atoms with van der Waals surface area (Å²) < 4.78 is 39.3. The maximum absolute atomic E-state index is 13.5. The summed E-state index contributed by atoms with van der Waals surface area (Å²) in [6.07, 6.45) is -0.997. The van der Waals surface area contributed by atoms with Gasteiger partial charge in [-0.3, -0.25) is 9.10 Å². The molecule has 36 heavy (non-hydrogen) atoms. The van der Waals surface area contributed by atoms with Crippen LogP contribution in [0.15, 0.2) is 77.7 Å². The lowest BCUT2D eigenvalue weighted by Gasteiger charge is -2.34. The van der Waals surface area contributed by atoms with E-state index in [9.17, 15) is 13.2 Å². The summed E-state index contributed by atoms with van der Waals surface area (Å²) >= 11 is 0. The molecule has 0 radical (unpaired) electrons. The average molecular weight is 510 g/mol. The van der Waals surface area contributed by atoms with Gasteiger partial charge in [0.15, 0.2) is 6.10 Å². The number of amides is 1. The highest BCUT2D eigenvalue weighted by molar-refractivity contribution is 7.92. The molecule has 3 aromatic rings. The van der Waals surface area contributed by atoms with Crippen LogP contribution in [0.1, 0.15) is 19.4 Å². The number of anilines is 2. The van der Waals surface area contributed by atoms with Crippen LogP contribution < -0.4 is 24.0 Å². The van der Waals surface area contributed by atoms with Gasteiger partial charge in [0, 0.05) is 25.3 Å². The molecule has 0 spiro atoms. The number of carbonyl (C=O) groups excluding carboxylic acids is 1. The first-order valence-electron chi connectivity index (χ1n) is 11.9. The standard InChI is InChI=1S/C27H31N3O5S/c1-4-29(5-2)21-12-10-20(11-13-21)18-28-27(31)26-19-30(24-8-6-7-9-25(24)35-26)36(32,33)23-16-14-22(34-3)15-17-23/h6-17,26H,4-5,18-19H2,1-3H3,(H,28,31). The normalized spacial score (nSPS) is 15.0. The molecule has 3 aromatic carbocycles. The van der Waals surface area contributed by atoms with Gasteiger partial charge in [0.05, 0.1) is 24.2 Å². The summed E-state index contributed by atoms with van der Waals surface area (Å²) in [5.41, 5.74) is 2.46. The number of rotatable bonds is 9. The zero-order chi connectivity index (χ0) is 25.7. The molecule has 1 aliphatic heterocycles. The number of methoxy groups -OCH3 is 1. The lowest BCUT2D eigenvalue weighted by atomic mass is 10.1. The molecule has 0 bridgehead atoms. The number of fused-ring (bicyclic) bond motifs is 1. The number of benzene rings is 3. The minimum absolute atomic E-state index is 0.104. The molecule has 1 N–H and O–H groups in total. The Bertz CT molecular complexity index is 1290. The molecule has 190 valence electrons. The fourth-order valence-electron chi connectivity index (χ4n) is 4.16. The van der Waals surface area contributed by atoms with Gasteiger partial charge in [-0.15, -0.1) is 0 Å². The van der Waals surface area contributed by atoms with E-state index in [1.54, 1.807) is 36.4 Å². The van der Waals surface area contributed by atoms with E-state index in [4.69, 9.17) is 9.47 Å². The molecule has 1 amide bonds. The van der Waals surface area contributed by atoms with Gasteiger partial charge in [0.2, 0.25) is 0 Å². The van der Waals surface area contributed by atoms with Gasteiger partial charge in [-0.25, -0.2) is 8.42 Å². The Kier molecular flexibility index (Phi) is 7.69.